The van der Waals surface area contributed by atoms with Crippen molar-refractivity contribution in [3.63, 3.8) is 0 Å². The van der Waals surface area contributed by atoms with E-state index in [4.69, 9.17) is 15.2 Å². The summed E-state index contributed by atoms with van der Waals surface area (Å²) < 4.78 is 11.7. The van der Waals surface area contributed by atoms with Gasteiger partial charge in [-0.15, -0.1) is 0 Å². The number of fused-ring (bicyclic) bond motifs is 2. The van der Waals surface area contributed by atoms with Gasteiger partial charge in [0.05, 0.1) is 0 Å². The van der Waals surface area contributed by atoms with Gasteiger partial charge >= 0.3 is 12.1 Å². The maximum Gasteiger partial charge on any atom is 0.408 e. The fourth-order valence-corrected chi connectivity index (χ4v) is 7.21. The third kappa shape index (κ3) is 10.3. The number of rotatable bonds is 15. The number of urea groups is 1. The van der Waals surface area contributed by atoms with E-state index < -0.39 is 47.2 Å². The number of benzene rings is 4. The number of ketones is 1. The number of aliphatic hydroxyl groups is 1. The minimum absolute atomic E-state index is 0.00160. The molecule has 2 aliphatic rings. The number of anilines is 1. The summed E-state index contributed by atoms with van der Waals surface area (Å²) >= 11 is 0. The van der Waals surface area contributed by atoms with Gasteiger partial charge in [0.15, 0.2) is 11.4 Å². The van der Waals surface area contributed by atoms with E-state index in [9.17, 15) is 29.1 Å². The molecule has 1 aliphatic heterocycles. The van der Waals surface area contributed by atoms with Gasteiger partial charge in [-0.3, -0.25) is 14.4 Å². The number of ether oxygens (including phenoxy) is 2. The van der Waals surface area contributed by atoms with Crippen molar-refractivity contribution in [2.24, 2.45) is 5.73 Å². The summed E-state index contributed by atoms with van der Waals surface area (Å²) in [5, 5.41) is 22.9. The molecule has 3 atom stereocenters. The van der Waals surface area contributed by atoms with E-state index in [-0.39, 0.29) is 38.2 Å². The molecule has 1 aliphatic carbocycles. The first-order chi connectivity index (χ1) is 27.8. The average Bonchev–Trinajstić information content (AvgIpc) is 3.21. The fourth-order valence-electron chi connectivity index (χ4n) is 7.21. The zero-order valence-electron chi connectivity index (χ0n) is 32.6. The molecule has 1 unspecified atom stereocenters. The van der Waals surface area contributed by atoms with Crippen LogP contribution in [-0.2, 0) is 48.9 Å². The second-order valence-electron chi connectivity index (χ2n) is 15.2. The van der Waals surface area contributed by atoms with Crippen molar-refractivity contribution >= 4 is 41.2 Å². The van der Waals surface area contributed by atoms with Gasteiger partial charge in [-0.05, 0) is 68.4 Å². The van der Waals surface area contributed by atoms with Crippen LogP contribution >= 0.6 is 0 Å². The van der Waals surface area contributed by atoms with Crippen molar-refractivity contribution in [2.75, 3.05) is 11.9 Å². The zero-order chi connectivity index (χ0) is 41.3. The molecule has 4 aromatic carbocycles. The first-order valence-electron chi connectivity index (χ1n) is 19.4. The first-order valence-corrected chi connectivity index (χ1v) is 19.4. The van der Waals surface area contributed by atoms with Crippen molar-refractivity contribution < 1.29 is 38.6 Å². The van der Waals surface area contributed by atoms with Crippen molar-refractivity contribution in [3.05, 3.63) is 143 Å². The summed E-state index contributed by atoms with van der Waals surface area (Å²) in [6, 6.07) is 29.3. The van der Waals surface area contributed by atoms with E-state index >= 15 is 0 Å². The Morgan fingerprint density at radius 2 is 1.47 bits per heavy atom. The molecule has 5 amide bonds. The lowest BCUT2D eigenvalue weighted by Crippen LogP contribution is -2.53. The normalized spacial score (nSPS) is 17.7. The van der Waals surface area contributed by atoms with Gasteiger partial charge < -0.3 is 41.6 Å². The topological polar surface area (TPSA) is 198 Å². The molecule has 0 spiro atoms. The van der Waals surface area contributed by atoms with E-state index in [0.29, 0.717) is 53.0 Å². The Labute approximate surface area is 337 Å². The van der Waals surface area contributed by atoms with Crippen LogP contribution in [0.5, 0.6) is 0 Å². The molecule has 7 N–H and O–H groups in total. The molecule has 13 nitrogen and oxygen atoms in total. The predicted octanol–water partition coefficient (Wildman–Crippen LogP) is 5.41. The van der Waals surface area contributed by atoms with E-state index in [2.05, 4.69) is 21.3 Å². The number of alkyl carbamates (subject to hydrolysis) is 1. The molecule has 6 rings (SSSR count). The number of nitrogens with two attached hydrogens (primary N) is 1. The van der Waals surface area contributed by atoms with Crippen LogP contribution < -0.4 is 27.0 Å². The monoisotopic (exact) mass is 787 g/mol. The van der Waals surface area contributed by atoms with E-state index in [1.165, 1.54) is 0 Å². The summed E-state index contributed by atoms with van der Waals surface area (Å²) in [7, 11) is 0. The van der Waals surface area contributed by atoms with E-state index in [0.717, 1.165) is 11.1 Å². The molecule has 1 heterocycles. The highest BCUT2D eigenvalue weighted by molar-refractivity contribution is 6.11. The Bertz CT molecular complexity index is 2160. The second kappa shape index (κ2) is 18.2. The standard InChI is InChI=1S/C45H49N5O8/c1-44(2)24-23-34-38(58-44)33-16-9-10-17-35(33)45(56,39(34)51)27-30-19-21-32(22-20-30)48-40(52)36(18-11-25-47-42(46)54)49-41(53)37(26-29-12-5-3-6-13-29)50-43(55)57-28-31-14-7-4-8-15-31/h3-10,12-17,19-22,36-37,56H,11,18,23-28H2,1-2H3,(H,48,52)(H,49,53)(H,50,55)(H3,46,47,54)/t36-,37-,45?/m0/s1. The number of hydrogen-bond acceptors (Lipinski definition) is 8. The molecular formula is C45H49N5O8. The molecule has 0 radical (unpaired) electrons. The van der Waals surface area contributed by atoms with Crippen LogP contribution in [0.25, 0.3) is 5.76 Å². The Hall–Kier alpha value is -6.47. The highest BCUT2D eigenvalue weighted by Crippen LogP contribution is 2.47. The lowest BCUT2D eigenvalue weighted by atomic mass is 9.72. The van der Waals surface area contributed by atoms with E-state index in [1.54, 1.807) is 36.4 Å². The maximum absolute atomic E-state index is 13.9. The molecule has 0 saturated heterocycles. The number of carbonyl (C=O) groups is 5. The third-order valence-corrected chi connectivity index (χ3v) is 10.3. The lowest BCUT2D eigenvalue weighted by Gasteiger charge is -2.41. The van der Waals surface area contributed by atoms with Crippen LogP contribution in [0, 0.1) is 0 Å². The minimum Gasteiger partial charge on any atom is -0.487 e. The van der Waals surface area contributed by atoms with Crippen molar-refractivity contribution in [1.29, 1.82) is 0 Å². The summed E-state index contributed by atoms with van der Waals surface area (Å²) in [4.78, 5) is 65.8. The zero-order valence-corrected chi connectivity index (χ0v) is 32.6. The van der Waals surface area contributed by atoms with Gasteiger partial charge in [-0.2, -0.15) is 0 Å². The molecule has 58 heavy (non-hydrogen) atoms. The van der Waals surface area contributed by atoms with Crippen molar-refractivity contribution in [1.82, 2.24) is 16.0 Å². The van der Waals surface area contributed by atoms with Crippen molar-refractivity contribution in [3.8, 4) is 0 Å². The third-order valence-electron chi connectivity index (χ3n) is 10.3. The van der Waals surface area contributed by atoms with Gasteiger partial charge in [0, 0.05) is 41.8 Å². The Kier molecular flexibility index (Phi) is 12.9. The largest absolute Gasteiger partial charge is 0.487 e. The van der Waals surface area contributed by atoms with Crippen LogP contribution in [0.1, 0.15) is 67.3 Å². The predicted molar refractivity (Wildman–Crippen MR) is 218 cm³/mol. The van der Waals surface area contributed by atoms with Gasteiger partial charge in [0.1, 0.15) is 30.1 Å². The van der Waals surface area contributed by atoms with Crippen LogP contribution in [0.2, 0.25) is 0 Å². The number of hydrogen-bond donors (Lipinski definition) is 6. The molecule has 13 heteroatoms. The quantitative estimate of drug-likeness (QED) is 0.0860. The fraction of sp³-hybridized carbons (Fsp3) is 0.311. The molecule has 4 aromatic rings. The number of nitrogens with one attached hydrogen (secondary N) is 4. The maximum atomic E-state index is 13.9. The van der Waals surface area contributed by atoms with Crippen LogP contribution in [0.15, 0.2) is 115 Å². The number of amides is 5. The average molecular weight is 788 g/mol. The Balaban J connectivity index is 1.15. The minimum atomic E-state index is -1.82. The molecule has 0 bridgehead atoms. The molecule has 302 valence electrons. The van der Waals surface area contributed by atoms with Gasteiger partial charge in [0.25, 0.3) is 0 Å². The Morgan fingerprint density at radius 1 is 0.810 bits per heavy atom. The smallest absolute Gasteiger partial charge is 0.408 e. The summed E-state index contributed by atoms with van der Waals surface area (Å²) in [5.74, 6) is -1.02. The van der Waals surface area contributed by atoms with Gasteiger partial charge in [0.2, 0.25) is 11.8 Å². The summed E-state index contributed by atoms with van der Waals surface area (Å²) in [6.07, 6.45) is 0.855. The number of carbonyl (C=O) groups excluding carboxylic acids is 5. The summed E-state index contributed by atoms with van der Waals surface area (Å²) in [6.45, 7) is 4.12. The number of Topliss-reactive ketones (excluding diaryl/α,β-unsaturated/α-hetero) is 1. The van der Waals surface area contributed by atoms with Crippen LogP contribution in [0.4, 0.5) is 15.3 Å². The summed E-state index contributed by atoms with van der Waals surface area (Å²) in [5.41, 5.74) is 7.22. The van der Waals surface area contributed by atoms with Crippen molar-refractivity contribution in [2.45, 2.75) is 82.3 Å². The lowest BCUT2D eigenvalue weighted by molar-refractivity contribution is -0.135. The SMILES string of the molecule is CC1(C)CCC2=C(O1)c1ccccc1C(O)(Cc1ccc(NC(=O)[C@H](CCCNC(N)=O)NC(=O)[C@H](Cc3ccccc3)NC(=O)OCc3ccccc3)cc1)C2=O. The molecule has 0 fully saturated rings. The van der Waals surface area contributed by atoms with Crippen LogP contribution in [0.3, 0.4) is 0 Å². The highest BCUT2D eigenvalue weighted by Gasteiger charge is 2.49. The van der Waals surface area contributed by atoms with Crippen LogP contribution in [-0.4, -0.2) is 59.1 Å². The molecular weight excluding hydrogens is 739 g/mol. The molecule has 0 saturated carbocycles. The number of primary amides is 1. The van der Waals surface area contributed by atoms with Gasteiger partial charge in [-0.1, -0.05) is 97.1 Å². The molecule has 0 aromatic heterocycles. The highest BCUT2D eigenvalue weighted by atomic mass is 16.5. The van der Waals surface area contributed by atoms with Gasteiger partial charge in [-0.25, -0.2) is 9.59 Å². The Morgan fingerprint density at radius 3 is 2.16 bits per heavy atom. The van der Waals surface area contributed by atoms with E-state index in [1.807, 2.05) is 86.6 Å². The first kappa shape index (κ1) is 41.2. The second-order valence-corrected chi connectivity index (χ2v) is 15.2.